The predicted molar refractivity (Wildman–Crippen MR) is 78.7 cm³/mol. The first-order valence-electron chi connectivity index (χ1n) is 7.90. The minimum absolute atomic E-state index is 0.0341. The van der Waals surface area contributed by atoms with E-state index in [-0.39, 0.29) is 17.4 Å². The Bertz CT molecular complexity index is 553. The van der Waals surface area contributed by atoms with Crippen LogP contribution < -0.4 is 0 Å². The molecule has 1 spiro atoms. The monoisotopic (exact) mass is 327 g/mol. The Morgan fingerprint density at radius 3 is 2.48 bits per heavy atom. The molecular weight excluding hydrogens is 307 g/mol. The van der Waals surface area contributed by atoms with E-state index in [1.54, 1.807) is 4.90 Å². The minimum atomic E-state index is -4.40. The average molecular weight is 327 g/mol. The van der Waals surface area contributed by atoms with Crippen LogP contribution >= 0.6 is 0 Å². The van der Waals surface area contributed by atoms with Gasteiger partial charge in [0, 0.05) is 12.0 Å². The Balaban J connectivity index is 1.68. The van der Waals surface area contributed by atoms with Crippen molar-refractivity contribution in [3.05, 3.63) is 35.9 Å². The Morgan fingerprint density at radius 1 is 1.22 bits per heavy atom. The van der Waals surface area contributed by atoms with Gasteiger partial charge in [0.2, 0.25) is 5.91 Å². The molecule has 3 rings (SSSR count). The number of likely N-dealkylation sites (tertiary alicyclic amines) is 1. The van der Waals surface area contributed by atoms with Crippen molar-refractivity contribution < 1.29 is 22.7 Å². The molecule has 0 radical (unpaired) electrons. The van der Waals surface area contributed by atoms with Crippen LogP contribution in [0.2, 0.25) is 0 Å². The third kappa shape index (κ3) is 3.37. The molecule has 0 aromatic heterocycles. The molecule has 2 fully saturated rings. The standard InChI is InChI=1S/C17H20F3NO2/c18-17(19,20)12-23-10-14(22)21-11-16(8-4-5-9-16)15(21)13-6-2-1-3-7-13/h1-3,6-7,15H,4-5,8-12H2. The number of nitrogens with zero attached hydrogens (tertiary/aromatic N) is 1. The number of carbonyl (C=O) groups is 1. The fourth-order valence-electron chi connectivity index (χ4n) is 3.98. The van der Waals surface area contributed by atoms with Gasteiger partial charge in [-0.25, -0.2) is 0 Å². The first-order valence-corrected chi connectivity index (χ1v) is 7.90. The van der Waals surface area contributed by atoms with E-state index in [9.17, 15) is 18.0 Å². The summed E-state index contributed by atoms with van der Waals surface area (Å²) < 4.78 is 40.9. The summed E-state index contributed by atoms with van der Waals surface area (Å²) in [5, 5.41) is 0. The van der Waals surface area contributed by atoms with Gasteiger partial charge in [-0.05, 0) is 18.4 Å². The molecule has 1 saturated heterocycles. The van der Waals surface area contributed by atoms with Crippen molar-refractivity contribution in [2.24, 2.45) is 5.41 Å². The van der Waals surface area contributed by atoms with Gasteiger partial charge in [0.25, 0.3) is 0 Å². The molecule has 1 aliphatic heterocycles. The highest BCUT2D eigenvalue weighted by atomic mass is 19.4. The lowest BCUT2D eigenvalue weighted by Crippen LogP contribution is -2.60. The van der Waals surface area contributed by atoms with Gasteiger partial charge >= 0.3 is 6.18 Å². The zero-order valence-corrected chi connectivity index (χ0v) is 12.8. The van der Waals surface area contributed by atoms with Gasteiger partial charge in [0.1, 0.15) is 13.2 Å². The number of carbonyl (C=O) groups excluding carboxylic acids is 1. The Kier molecular flexibility index (Phi) is 4.36. The number of benzene rings is 1. The van der Waals surface area contributed by atoms with E-state index < -0.39 is 19.4 Å². The normalized spacial score (nSPS) is 23.1. The summed E-state index contributed by atoms with van der Waals surface area (Å²) in [6, 6.07) is 9.72. The minimum Gasteiger partial charge on any atom is -0.362 e. The van der Waals surface area contributed by atoms with E-state index in [4.69, 9.17) is 0 Å². The Hall–Kier alpha value is -1.56. The van der Waals surface area contributed by atoms with E-state index in [1.807, 2.05) is 30.3 Å². The third-order valence-corrected chi connectivity index (χ3v) is 4.90. The fraction of sp³-hybridized carbons (Fsp3) is 0.588. The molecule has 6 heteroatoms. The summed E-state index contributed by atoms with van der Waals surface area (Å²) in [5.74, 6) is -0.361. The van der Waals surface area contributed by atoms with Crippen LogP contribution in [0.3, 0.4) is 0 Å². The van der Waals surface area contributed by atoms with Crippen molar-refractivity contribution in [3.8, 4) is 0 Å². The molecule has 1 atom stereocenters. The van der Waals surface area contributed by atoms with E-state index in [0.29, 0.717) is 6.54 Å². The van der Waals surface area contributed by atoms with E-state index >= 15 is 0 Å². The maximum Gasteiger partial charge on any atom is 0.411 e. The topological polar surface area (TPSA) is 29.5 Å². The molecule has 1 saturated carbocycles. The highest BCUT2D eigenvalue weighted by Gasteiger charge is 2.55. The number of rotatable bonds is 4. The molecule has 1 aromatic carbocycles. The van der Waals surface area contributed by atoms with Crippen molar-refractivity contribution >= 4 is 5.91 Å². The number of alkyl halides is 3. The second kappa shape index (κ2) is 6.15. The average Bonchev–Trinajstić information content (AvgIpc) is 2.96. The smallest absolute Gasteiger partial charge is 0.362 e. The van der Waals surface area contributed by atoms with Crippen LogP contribution in [-0.2, 0) is 9.53 Å². The SMILES string of the molecule is O=C(COCC(F)(F)F)N1CC2(CCCC2)C1c1ccccc1. The van der Waals surface area contributed by atoms with Crippen LogP contribution in [0.4, 0.5) is 13.2 Å². The van der Waals surface area contributed by atoms with E-state index in [2.05, 4.69) is 4.74 Å². The summed E-state index contributed by atoms with van der Waals surface area (Å²) >= 11 is 0. The molecule has 23 heavy (non-hydrogen) atoms. The number of ether oxygens (including phenoxy) is 1. The molecule has 1 unspecified atom stereocenters. The Labute approximate surface area is 133 Å². The summed E-state index contributed by atoms with van der Waals surface area (Å²) in [4.78, 5) is 13.9. The molecule has 0 bridgehead atoms. The van der Waals surface area contributed by atoms with Crippen LogP contribution in [0.25, 0.3) is 0 Å². The van der Waals surface area contributed by atoms with Gasteiger partial charge in [-0.2, -0.15) is 13.2 Å². The van der Waals surface area contributed by atoms with E-state index in [1.165, 1.54) is 0 Å². The second-order valence-corrected chi connectivity index (χ2v) is 6.51. The lowest BCUT2D eigenvalue weighted by atomic mass is 9.67. The van der Waals surface area contributed by atoms with Crippen LogP contribution in [0, 0.1) is 5.41 Å². The van der Waals surface area contributed by atoms with Crippen LogP contribution in [0.5, 0.6) is 0 Å². The first-order chi connectivity index (χ1) is 10.9. The van der Waals surface area contributed by atoms with Crippen molar-refractivity contribution in [2.75, 3.05) is 19.8 Å². The summed E-state index contributed by atoms with van der Waals surface area (Å²) in [5.41, 5.74) is 1.16. The fourth-order valence-corrected chi connectivity index (χ4v) is 3.98. The van der Waals surface area contributed by atoms with Crippen LogP contribution in [0.15, 0.2) is 30.3 Å². The van der Waals surface area contributed by atoms with Crippen LogP contribution in [-0.4, -0.2) is 36.7 Å². The van der Waals surface area contributed by atoms with Gasteiger partial charge in [-0.3, -0.25) is 4.79 Å². The highest BCUT2D eigenvalue weighted by molar-refractivity contribution is 5.79. The quantitative estimate of drug-likeness (QED) is 0.844. The number of amides is 1. The van der Waals surface area contributed by atoms with Gasteiger partial charge in [-0.1, -0.05) is 43.2 Å². The summed E-state index contributed by atoms with van der Waals surface area (Å²) in [6.45, 7) is -1.27. The molecule has 126 valence electrons. The molecule has 2 aliphatic rings. The number of hydrogen-bond donors (Lipinski definition) is 0. The van der Waals surface area contributed by atoms with Gasteiger partial charge in [0.15, 0.2) is 0 Å². The summed E-state index contributed by atoms with van der Waals surface area (Å²) in [7, 11) is 0. The zero-order chi connectivity index (χ0) is 16.5. The second-order valence-electron chi connectivity index (χ2n) is 6.51. The lowest BCUT2D eigenvalue weighted by molar-refractivity contribution is -0.184. The molecule has 1 aliphatic carbocycles. The van der Waals surface area contributed by atoms with Crippen LogP contribution in [0.1, 0.15) is 37.3 Å². The molecule has 3 nitrogen and oxygen atoms in total. The first kappa shape index (κ1) is 16.3. The molecule has 0 N–H and O–H groups in total. The van der Waals surface area contributed by atoms with Crippen molar-refractivity contribution in [1.29, 1.82) is 0 Å². The lowest BCUT2D eigenvalue weighted by Gasteiger charge is -2.56. The third-order valence-electron chi connectivity index (χ3n) is 4.90. The van der Waals surface area contributed by atoms with Crippen molar-refractivity contribution in [2.45, 2.75) is 37.9 Å². The zero-order valence-electron chi connectivity index (χ0n) is 12.8. The molecule has 1 aromatic rings. The molecule has 1 amide bonds. The Morgan fingerprint density at radius 2 is 1.87 bits per heavy atom. The van der Waals surface area contributed by atoms with Gasteiger partial charge in [-0.15, -0.1) is 0 Å². The van der Waals surface area contributed by atoms with Crippen molar-refractivity contribution in [3.63, 3.8) is 0 Å². The highest BCUT2D eigenvalue weighted by Crippen LogP contribution is 2.58. The molecular formula is C17H20F3NO2. The number of halogens is 3. The summed E-state index contributed by atoms with van der Waals surface area (Å²) in [6.07, 6.45) is 0.0338. The maximum absolute atomic E-state index is 12.3. The van der Waals surface area contributed by atoms with Crippen molar-refractivity contribution in [1.82, 2.24) is 4.90 Å². The largest absolute Gasteiger partial charge is 0.411 e. The maximum atomic E-state index is 12.3. The number of hydrogen-bond acceptors (Lipinski definition) is 2. The van der Waals surface area contributed by atoms with Gasteiger partial charge in [0.05, 0.1) is 6.04 Å². The van der Waals surface area contributed by atoms with Gasteiger partial charge < -0.3 is 9.64 Å². The molecule has 1 heterocycles. The van der Waals surface area contributed by atoms with E-state index in [0.717, 1.165) is 31.2 Å². The predicted octanol–water partition coefficient (Wildman–Crippen LogP) is 3.71.